The lowest BCUT2D eigenvalue weighted by atomic mass is 9.84. The molecule has 2 aromatic rings. The van der Waals surface area contributed by atoms with E-state index < -0.39 is 0 Å². The highest BCUT2D eigenvalue weighted by Crippen LogP contribution is 2.22. The van der Waals surface area contributed by atoms with Crippen LogP contribution in [0.3, 0.4) is 0 Å². The van der Waals surface area contributed by atoms with Crippen LogP contribution in [0.25, 0.3) is 5.65 Å². The monoisotopic (exact) mass is 263 g/mol. The minimum atomic E-state index is -0.256. The van der Waals surface area contributed by atoms with Gasteiger partial charge in [0.2, 0.25) is 0 Å². The van der Waals surface area contributed by atoms with E-state index in [2.05, 4.69) is 48.2 Å². The summed E-state index contributed by atoms with van der Waals surface area (Å²) in [5, 5.41) is 9.86. The highest BCUT2D eigenvalue weighted by atomic mass is 16.1. The largest absolute Gasteiger partial charge is 0.348 e. The lowest BCUT2D eigenvalue weighted by Gasteiger charge is -2.31. The first-order valence-electron chi connectivity index (χ1n) is 6.57. The van der Waals surface area contributed by atoms with Crippen molar-refractivity contribution in [1.82, 2.24) is 24.9 Å². The molecule has 0 amide bonds. The molecular weight excluding hydrogens is 242 g/mol. The lowest BCUT2D eigenvalue weighted by molar-refractivity contribution is 0.268. The van der Waals surface area contributed by atoms with Gasteiger partial charge in [0.15, 0.2) is 5.65 Å². The van der Waals surface area contributed by atoms with Gasteiger partial charge in [-0.2, -0.15) is 5.10 Å². The Kier molecular flexibility index (Phi) is 3.71. The molecule has 6 nitrogen and oxygen atoms in total. The van der Waals surface area contributed by atoms with Gasteiger partial charge in [-0.1, -0.05) is 27.7 Å². The predicted octanol–water partition coefficient (Wildman–Crippen LogP) is 0.984. The van der Waals surface area contributed by atoms with E-state index in [1.54, 1.807) is 0 Å². The molecule has 19 heavy (non-hydrogen) atoms. The maximum atomic E-state index is 11.4. The molecule has 0 aliphatic carbocycles. The van der Waals surface area contributed by atoms with Crippen LogP contribution in [-0.2, 0) is 6.42 Å². The average molecular weight is 263 g/mol. The first kappa shape index (κ1) is 13.7. The van der Waals surface area contributed by atoms with Crippen molar-refractivity contribution in [2.45, 2.75) is 40.2 Å². The summed E-state index contributed by atoms with van der Waals surface area (Å²) in [6.07, 6.45) is 2.34. The number of nitrogens with one attached hydrogen (secondary N) is 2. The first-order chi connectivity index (χ1) is 8.91. The summed E-state index contributed by atoms with van der Waals surface area (Å²) in [6, 6.07) is 2.19. The minimum Gasteiger partial charge on any atom is -0.313 e. The van der Waals surface area contributed by atoms with Crippen molar-refractivity contribution in [1.29, 1.82) is 0 Å². The fraction of sp³-hybridized carbons (Fsp3) is 0.615. The Balaban J connectivity index is 2.26. The molecule has 0 bridgehead atoms. The smallest absolute Gasteiger partial charge is 0.313 e. The Morgan fingerprint density at radius 1 is 1.47 bits per heavy atom. The van der Waals surface area contributed by atoms with Crippen molar-refractivity contribution in [3.63, 3.8) is 0 Å². The van der Waals surface area contributed by atoms with Gasteiger partial charge in [-0.3, -0.25) is 0 Å². The molecule has 2 N–H and O–H groups in total. The fourth-order valence-electron chi connectivity index (χ4n) is 2.10. The summed E-state index contributed by atoms with van der Waals surface area (Å²) in [6.45, 7) is 9.64. The quantitative estimate of drug-likeness (QED) is 0.862. The van der Waals surface area contributed by atoms with Crippen LogP contribution in [-0.4, -0.2) is 32.2 Å². The van der Waals surface area contributed by atoms with Gasteiger partial charge in [-0.05, 0) is 12.0 Å². The zero-order chi connectivity index (χ0) is 14.0. The van der Waals surface area contributed by atoms with Gasteiger partial charge in [0, 0.05) is 24.2 Å². The molecule has 0 saturated carbocycles. The number of aromatic nitrogens is 4. The zero-order valence-electron chi connectivity index (χ0n) is 11.9. The molecule has 0 aromatic carbocycles. The molecule has 0 spiro atoms. The number of rotatable bonds is 4. The number of H-pyrrole nitrogens is 1. The van der Waals surface area contributed by atoms with Crippen molar-refractivity contribution in [3.05, 3.63) is 28.6 Å². The van der Waals surface area contributed by atoms with Crippen LogP contribution >= 0.6 is 0 Å². The Bertz CT molecular complexity index is 607. The molecule has 104 valence electrons. The molecule has 0 radical (unpaired) electrons. The summed E-state index contributed by atoms with van der Waals surface area (Å²) in [5.41, 5.74) is 1.44. The van der Waals surface area contributed by atoms with Crippen LogP contribution in [0.4, 0.5) is 0 Å². The van der Waals surface area contributed by atoms with Gasteiger partial charge < -0.3 is 5.32 Å². The molecule has 0 aliphatic heterocycles. The Morgan fingerprint density at radius 2 is 2.21 bits per heavy atom. The SMILES string of the molecule is CCNC(Cc1cc2n[nH]c(=O)n2cn1)C(C)(C)C. The zero-order valence-corrected chi connectivity index (χ0v) is 11.9. The average Bonchev–Trinajstić information content (AvgIpc) is 2.69. The standard InChI is InChI=1S/C13H21N5O/c1-5-14-10(13(2,3)4)6-9-7-11-16-17-12(19)18(11)8-15-9/h7-8,10,14H,5-6H2,1-4H3,(H,17,19). The number of hydrogen-bond acceptors (Lipinski definition) is 4. The fourth-order valence-corrected chi connectivity index (χ4v) is 2.10. The van der Waals surface area contributed by atoms with E-state index >= 15 is 0 Å². The molecule has 1 atom stereocenters. The number of nitrogens with zero attached hydrogens (tertiary/aromatic N) is 3. The topological polar surface area (TPSA) is 75.1 Å². The summed E-state index contributed by atoms with van der Waals surface area (Å²) < 4.78 is 1.41. The molecule has 0 aliphatic rings. The second-order valence-electron chi connectivity index (χ2n) is 5.82. The number of likely N-dealkylation sites (N-methyl/N-ethyl adjacent to an activating group) is 1. The van der Waals surface area contributed by atoms with Crippen LogP contribution < -0.4 is 11.0 Å². The van der Waals surface area contributed by atoms with Crippen LogP contribution in [0.15, 0.2) is 17.2 Å². The molecule has 1 unspecified atom stereocenters. The Labute approximate surface area is 112 Å². The summed E-state index contributed by atoms with van der Waals surface area (Å²) in [7, 11) is 0. The van der Waals surface area contributed by atoms with Crippen LogP contribution in [0.2, 0.25) is 0 Å². The summed E-state index contributed by atoms with van der Waals surface area (Å²) in [4.78, 5) is 15.7. The van der Waals surface area contributed by atoms with Gasteiger partial charge in [-0.25, -0.2) is 19.3 Å². The minimum absolute atomic E-state index is 0.148. The number of fused-ring (bicyclic) bond motifs is 1. The van der Waals surface area contributed by atoms with Crippen molar-refractivity contribution >= 4 is 5.65 Å². The second-order valence-corrected chi connectivity index (χ2v) is 5.82. The van der Waals surface area contributed by atoms with Crippen molar-refractivity contribution in [2.24, 2.45) is 5.41 Å². The normalized spacial score (nSPS) is 13.9. The van der Waals surface area contributed by atoms with Crippen molar-refractivity contribution in [2.75, 3.05) is 6.54 Å². The molecule has 2 rings (SSSR count). The highest BCUT2D eigenvalue weighted by molar-refractivity contribution is 5.36. The summed E-state index contributed by atoms with van der Waals surface area (Å²) >= 11 is 0. The van der Waals surface area contributed by atoms with Crippen molar-refractivity contribution < 1.29 is 0 Å². The van der Waals surface area contributed by atoms with E-state index in [0.717, 1.165) is 18.7 Å². The van der Waals surface area contributed by atoms with Gasteiger partial charge in [0.25, 0.3) is 0 Å². The first-order valence-corrected chi connectivity index (χ1v) is 6.57. The number of hydrogen-bond donors (Lipinski definition) is 2. The van der Waals surface area contributed by atoms with E-state index in [9.17, 15) is 4.79 Å². The molecule has 0 fully saturated rings. The van der Waals surface area contributed by atoms with E-state index in [1.165, 1.54) is 10.7 Å². The number of aromatic amines is 1. The highest BCUT2D eigenvalue weighted by Gasteiger charge is 2.24. The van der Waals surface area contributed by atoms with Crippen LogP contribution in [0.5, 0.6) is 0 Å². The molecule has 6 heteroatoms. The van der Waals surface area contributed by atoms with E-state index in [-0.39, 0.29) is 11.1 Å². The molecular formula is C13H21N5O. The predicted molar refractivity (Wildman–Crippen MR) is 74.2 cm³/mol. The van der Waals surface area contributed by atoms with E-state index in [0.29, 0.717) is 11.7 Å². The third-order valence-electron chi connectivity index (χ3n) is 3.28. The summed E-state index contributed by atoms with van der Waals surface area (Å²) in [5.74, 6) is 0. The molecule has 2 aromatic heterocycles. The van der Waals surface area contributed by atoms with Gasteiger partial charge in [0.05, 0.1) is 0 Å². The third kappa shape index (κ3) is 3.01. The van der Waals surface area contributed by atoms with Crippen molar-refractivity contribution in [3.8, 4) is 0 Å². The van der Waals surface area contributed by atoms with Gasteiger partial charge in [0.1, 0.15) is 6.33 Å². The molecule has 0 saturated heterocycles. The Morgan fingerprint density at radius 3 is 2.84 bits per heavy atom. The molecule has 2 heterocycles. The van der Waals surface area contributed by atoms with Crippen LogP contribution in [0, 0.1) is 5.41 Å². The van der Waals surface area contributed by atoms with E-state index in [4.69, 9.17) is 0 Å². The van der Waals surface area contributed by atoms with Crippen LogP contribution in [0.1, 0.15) is 33.4 Å². The van der Waals surface area contributed by atoms with E-state index in [1.807, 2.05) is 6.07 Å². The van der Waals surface area contributed by atoms with Gasteiger partial charge in [-0.15, -0.1) is 0 Å². The maximum absolute atomic E-state index is 11.4. The second kappa shape index (κ2) is 5.13. The third-order valence-corrected chi connectivity index (χ3v) is 3.28. The lowest BCUT2D eigenvalue weighted by Crippen LogP contribution is -2.42. The van der Waals surface area contributed by atoms with Gasteiger partial charge >= 0.3 is 5.69 Å². The Hall–Kier alpha value is -1.69. The maximum Gasteiger partial charge on any atom is 0.348 e.